The van der Waals surface area contributed by atoms with Gasteiger partial charge in [-0.25, -0.2) is 4.39 Å². The van der Waals surface area contributed by atoms with Crippen molar-refractivity contribution in [2.45, 2.75) is 18.8 Å². The number of anilines is 1. The van der Waals surface area contributed by atoms with Gasteiger partial charge in [-0.05, 0) is 43.7 Å². The fraction of sp³-hybridized carbons (Fsp3) is 0.357. The molecule has 1 amide bonds. The maximum atomic E-state index is 12.8. The molecule has 1 aromatic carbocycles. The Morgan fingerprint density at radius 2 is 2.14 bits per heavy atom. The van der Waals surface area contributed by atoms with E-state index in [4.69, 9.17) is 0 Å². The third-order valence-corrected chi connectivity index (χ3v) is 4.41. The molecular weight excluding hydrogens is 291 g/mol. The van der Waals surface area contributed by atoms with Crippen LogP contribution < -0.4 is 10.6 Å². The molecule has 7 heteroatoms. The Hall–Kier alpha value is -1.86. The second kappa shape index (κ2) is 6.28. The summed E-state index contributed by atoms with van der Waals surface area (Å²) in [5.74, 6) is -0.304. The summed E-state index contributed by atoms with van der Waals surface area (Å²) in [5.41, 5.74) is 0.396. The Kier molecular flexibility index (Phi) is 4.21. The first-order valence-corrected chi connectivity index (χ1v) is 7.65. The number of carbonyl (C=O) groups excluding carboxylic acids is 1. The SMILES string of the molecule is O=C(Nc1nnc(C2CCCNC2)s1)c1ccc(F)cc1. The van der Waals surface area contributed by atoms with Crippen LogP contribution >= 0.6 is 11.3 Å². The summed E-state index contributed by atoms with van der Waals surface area (Å²) in [6.07, 6.45) is 2.22. The van der Waals surface area contributed by atoms with Crippen molar-refractivity contribution in [2.75, 3.05) is 18.4 Å². The highest BCUT2D eigenvalue weighted by atomic mass is 32.1. The fourth-order valence-electron chi connectivity index (χ4n) is 2.28. The van der Waals surface area contributed by atoms with Crippen molar-refractivity contribution in [3.8, 4) is 0 Å². The van der Waals surface area contributed by atoms with Gasteiger partial charge < -0.3 is 5.32 Å². The maximum absolute atomic E-state index is 12.8. The zero-order valence-corrected chi connectivity index (χ0v) is 12.1. The van der Waals surface area contributed by atoms with Crippen LogP contribution in [0, 0.1) is 5.82 Å². The maximum Gasteiger partial charge on any atom is 0.257 e. The van der Waals surface area contributed by atoms with Crippen molar-refractivity contribution >= 4 is 22.4 Å². The van der Waals surface area contributed by atoms with Crippen LogP contribution in [0.15, 0.2) is 24.3 Å². The molecule has 1 aromatic heterocycles. The lowest BCUT2D eigenvalue weighted by molar-refractivity contribution is 0.102. The topological polar surface area (TPSA) is 66.9 Å². The van der Waals surface area contributed by atoms with Gasteiger partial charge in [0.25, 0.3) is 5.91 Å². The highest BCUT2D eigenvalue weighted by molar-refractivity contribution is 7.15. The molecule has 21 heavy (non-hydrogen) atoms. The largest absolute Gasteiger partial charge is 0.316 e. The van der Waals surface area contributed by atoms with Gasteiger partial charge >= 0.3 is 0 Å². The lowest BCUT2D eigenvalue weighted by Crippen LogP contribution is -2.28. The predicted octanol–water partition coefficient (Wildman–Crippen LogP) is 2.40. The molecule has 0 radical (unpaired) electrons. The molecule has 1 atom stereocenters. The first kappa shape index (κ1) is 14.1. The van der Waals surface area contributed by atoms with Crippen molar-refractivity contribution in [1.82, 2.24) is 15.5 Å². The number of nitrogens with one attached hydrogen (secondary N) is 2. The molecule has 0 spiro atoms. The van der Waals surface area contributed by atoms with Crippen molar-refractivity contribution in [2.24, 2.45) is 0 Å². The van der Waals surface area contributed by atoms with Crippen molar-refractivity contribution < 1.29 is 9.18 Å². The summed E-state index contributed by atoms with van der Waals surface area (Å²) in [6.45, 7) is 1.95. The van der Waals surface area contributed by atoms with Crippen LogP contribution in [0.4, 0.5) is 9.52 Å². The Morgan fingerprint density at radius 1 is 1.33 bits per heavy atom. The molecule has 0 bridgehead atoms. The van der Waals surface area contributed by atoms with Crippen LogP contribution in [-0.4, -0.2) is 29.2 Å². The number of aromatic nitrogens is 2. The van der Waals surface area contributed by atoms with E-state index in [-0.39, 0.29) is 11.7 Å². The molecule has 2 heterocycles. The molecule has 1 saturated heterocycles. The Bertz CT molecular complexity index is 622. The first-order valence-electron chi connectivity index (χ1n) is 6.83. The summed E-state index contributed by atoms with van der Waals surface area (Å²) in [4.78, 5) is 12.0. The lowest BCUT2D eigenvalue weighted by atomic mass is 10.0. The molecule has 2 N–H and O–H groups in total. The van der Waals surface area contributed by atoms with Crippen LogP contribution in [0.5, 0.6) is 0 Å². The van der Waals surface area contributed by atoms with Gasteiger partial charge in [0, 0.05) is 18.0 Å². The molecular formula is C14H15FN4OS. The number of nitrogens with zero attached hydrogens (tertiary/aromatic N) is 2. The van der Waals surface area contributed by atoms with Crippen molar-refractivity contribution in [3.05, 3.63) is 40.7 Å². The number of rotatable bonds is 3. The molecule has 5 nitrogen and oxygen atoms in total. The summed E-state index contributed by atoms with van der Waals surface area (Å²) in [7, 11) is 0. The summed E-state index contributed by atoms with van der Waals surface area (Å²) in [5, 5.41) is 15.6. The molecule has 110 valence electrons. The smallest absolute Gasteiger partial charge is 0.257 e. The van der Waals surface area contributed by atoms with Gasteiger partial charge in [-0.2, -0.15) is 0 Å². The van der Waals surface area contributed by atoms with E-state index in [1.54, 1.807) is 0 Å². The Balaban J connectivity index is 1.66. The van der Waals surface area contributed by atoms with Gasteiger partial charge in [0.05, 0.1) is 0 Å². The summed E-state index contributed by atoms with van der Waals surface area (Å²) >= 11 is 1.40. The van der Waals surface area contributed by atoms with Gasteiger partial charge in [-0.15, -0.1) is 10.2 Å². The highest BCUT2D eigenvalue weighted by Gasteiger charge is 2.20. The van der Waals surface area contributed by atoms with E-state index >= 15 is 0 Å². The second-order valence-corrected chi connectivity index (χ2v) is 5.96. The zero-order valence-electron chi connectivity index (χ0n) is 11.3. The predicted molar refractivity (Wildman–Crippen MR) is 79.1 cm³/mol. The van der Waals surface area contributed by atoms with Gasteiger partial charge in [0.2, 0.25) is 5.13 Å². The Labute approximate surface area is 125 Å². The van der Waals surface area contributed by atoms with Gasteiger partial charge in [0.1, 0.15) is 10.8 Å². The number of hydrogen-bond donors (Lipinski definition) is 2. The molecule has 1 aliphatic rings. The molecule has 0 saturated carbocycles. The van der Waals surface area contributed by atoms with Crippen LogP contribution in [0.2, 0.25) is 0 Å². The van der Waals surface area contributed by atoms with Crippen molar-refractivity contribution in [3.63, 3.8) is 0 Å². The summed E-state index contributed by atoms with van der Waals surface area (Å²) in [6, 6.07) is 5.40. The van der Waals surface area contributed by atoms with E-state index < -0.39 is 0 Å². The second-order valence-electron chi connectivity index (χ2n) is 4.95. The van der Waals surface area contributed by atoms with Gasteiger partial charge in [-0.3, -0.25) is 10.1 Å². The van der Waals surface area contributed by atoms with E-state index in [0.29, 0.717) is 16.6 Å². The highest BCUT2D eigenvalue weighted by Crippen LogP contribution is 2.28. The van der Waals surface area contributed by atoms with E-state index in [0.717, 1.165) is 30.9 Å². The third-order valence-electron chi connectivity index (χ3n) is 3.41. The normalized spacial score (nSPS) is 18.4. The van der Waals surface area contributed by atoms with Crippen LogP contribution in [-0.2, 0) is 0 Å². The van der Waals surface area contributed by atoms with Gasteiger partial charge in [0.15, 0.2) is 0 Å². The molecule has 1 aliphatic heterocycles. The number of carbonyl (C=O) groups is 1. The minimum absolute atomic E-state index is 0.306. The van der Waals surface area contributed by atoms with Gasteiger partial charge in [-0.1, -0.05) is 11.3 Å². The van der Waals surface area contributed by atoms with Crippen molar-refractivity contribution in [1.29, 1.82) is 0 Å². The zero-order chi connectivity index (χ0) is 14.7. The molecule has 3 rings (SSSR count). The van der Waals surface area contributed by atoms with E-state index in [2.05, 4.69) is 20.8 Å². The van der Waals surface area contributed by atoms with E-state index in [9.17, 15) is 9.18 Å². The average molecular weight is 306 g/mol. The number of piperidine rings is 1. The average Bonchev–Trinajstić information content (AvgIpc) is 2.97. The molecule has 0 aliphatic carbocycles. The van der Waals surface area contributed by atoms with Crippen LogP contribution in [0.1, 0.15) is 34.1 Å². The van der Waals surface area contributed by atoms with Crippen LogP contribution in [0.25, 0.3) is 0 Å². The van der Waals surface area contributed by atoms with E-state index in [1.165, 1.54) is 35.6 Å². The lowest BCUT2D eigenvalue weighted by Gasteiger charge is -2.19. The molecule has 1 unspecified atom stereocenters. The fourth-order valence-corrected chi connectivity index (χ4v) is 3.16. The standard InChI is InChI=1S/C14H15FN4OS/c15-11-5-3-9(4-6-11)12(20)17-14-19-18-13(21-14)10-2-1-7-16-8-10/h3-6,10,16H,1-2,7-8H2,(H,17,19,20). The Morgan fingerprint density at radius 3 is 2.86 bits per heavy atom. The number of amides is 1. The molecule has 2 aromatic rings. The minimum Gasteiger partial charge on any atom is -0.316 e. The minimum atomic E-state index is -0.366. The number of halogens is 1. The number of hydrogen-bond acceptors (Lipinski definition) is 5. The first-order chi connectivity index (χ1) is 10.2. The molecule has 1 fully saturated rings. The van der Waals surface area contributed by atoms with Crippen LogP contribution in [0.3, 0.4) is 0 Å². The third kappa shape index (κ3) is 3.43. The van der Waals surface area contributed by atoms with E-state index in [1.807, 2.05) is 0 Å². The monoisotopic (exact) mass is 306 g/mol. The quantitative estimate of drug-likeness (QED) is 0.914. The number of benzene rings is 1. The summed E-state index contributed by atoms with van der Waals surface area (Å²) < 4.78 is 12.8.